The van der Waals surface area contributed by atoms with E-state index in [1.54, 1.807) is 0 Å². The van der Waals surface area contributed by atoms with Gasteiger partial charge in [0.05, 0.1) is 0 Å². The van der Waals surface area contributed by atoms with Gasteiger partial charge in [-0.05, 0) is 31.1 Å². The molecule has 314 valence electrons. The molecule has 0 spiro atoms. The van der Waals surface area contributed by atoms with Crippen LogP contribution >= 0.6 is 0 Å². The Hall–Kier alpha value is -1.59. The van der Waals surface area contributed by atoms with Crippen molar-refractivity contribution in [3.8, 4) is 0 Å². The Morgan fingerprint density at radius 1 is 0.396 bits per heavy atom. The number of esters is 3. The summed E-state index contributed by atoms with van der Waals surface area (Å²) in [6.07, 6.45) is 38.1. The van der Waals surface area contributed by atoms with Crippen molar-refractivity contribution in [2.75, 3.05) is 13.2 Å². The molecule has 2 atom stereocenters. The van der Waals surface area contributed by atoms with Crippen LogP contribution in [-0.4, -0.2) is 37.2 Å². The zero-order valence-electron chi connectivity index (χ0n) is 36.1. The second-order valence-corrected chi connectivity index (χ2v) is 16.8. The molecule has 0 aromatic heterocycles. The maximum absolute atomic E-state index is 12.6. The van der Waals surface area contributed by atoms with Crippen molar-refractivity contribution >= 4 is 17.9 Å². The molecule has 0 aliphatic carbocycles. The van der Waals surface area contributed by atoms with Crippen LogP contribution in [0.4, 0.5) is 0 Å². The molecule has 0 aromatic rings. The van der Waals surface area contributed by atoms with Crippen molar-refractivity contribution in [1.29, 1.82) is 0 Å². The van der Waals surface area contributed by atoms with Gasteiger partial charge in [0.15, 0.2) is 6.10 Å². The molecule has 0 saturated heterocycles. The van der Waals surface area contributed by atoms with Crippen molar-refractivity contribution < 1.29 is 28.6 Å². The minimum absolute atomic E-state index is 0.0653. The second-order valence-electron chi connectivity index (χ2n) is 16.8. The van der Waals surface area contributed by atoms with Crippen LogP contribution in [0.5, 0.6) is 0 Å². The summed E-state index contributed by atoms with van der Waals surface area (Å²) in [7, 11) is 0. The van der Waals surface area contributed by atoms with Gasteiger partial charge in [-0.15, -0.1) is 0 Å². The summed E-state index contributed by atoms with van der Waals surface area (Å²) in [5, 5.41) is 0. The number of unbranched alkanes of at least 4 members (excludes halogenated alkanes) is 25. The van der Waals surface area contributed by atoms with E-state index >= 15 is 0 Å². The van der Waals surface area contributed by atoms with Crippen LogP contribution in [0, 0.1) is 11.8 Å². The average Bonchev–Trinajstić information content (AvgIpc) is 3.14. The lowest BCUT2D eigenvalue weighted by atomic mass is 9.99. The fourth-order valence-electron chi connectivity index (χ4n) is 6.90. The van der Waals surface area contributed by atoms with E-state index in [9.17, 15) is 14.4 Å². The first-order chi connectivity index (χ1) is 25.8. The molecule has 53 heavy (non-hydrogen) atoms. The Morgan fingerprint density at radius 3 is 1.08 bits per heavy atom. The molecule has 0 N–H and O–H groups in total. The Kier molecular flexibility index (Phi) is 38.9. The van der Waals surface area contributed by atoms with E-state index in [0.717, 1.165) is 69.6 Å². The van der Waals surface area contributed by atoms with E-state index in [0.29, 0.717) is 19.3 Å². The standard InChI is InChI=1S/C47H90O6/c1-6-8-9-10-20-29-34-39-47(50)53-44(41-52-46(49)38-33-28-24-19-18-22-26-31-36-43(5)7-2)40-51-45(48)37-32-27-23-17-15-13-11-12-14-16-21-25-30-35-42(3)4/h42-44H,6-41H2,1-5H3/t43?,44-/m1/s1. The van der Waals surface area contributed by atoms with Crippen LogP contribution in [0.2, 0.25) is 0 Å². The maximum atomic E-state index is 12.6. The number of rotatable bonds is 41. The molecule has 6 nitrogen and oxygen atoms in total. The van der Waals surface area contributed by atoms with Gasteiger partial charge in [0.2, 0.25) is 0 Å². The summed E-state index contributed by atoms with van der Waals surface area (Å²) in [5.41, 5.74) is 0. The van der Waals surface area contributed by atoms with E-state index in [1.165, 1.54) is 141 Å². The second kappa shape index (κ2) is 40.1. The molecule has 0 amide bonds. The van der Waals surface area contributed by atoms with Crippen molar-refractivity contribution in [3.63, 3.8) is 0 Å². The fourth-order valence-corrected chi connectivity index (χ4v) is 6.90. The molecule has 0 aromatic carbocycles. The van der Waals surface area contributed by atoms with Crippen molar-refractivity contribution in [1.82, 2.24) is 0 Å². The predicted molar refractivity (Wildman–Crippen MR) is 224 cm³/mol. The van der Waals surface area contributed by atoms with E-state index in [2.05, 4.69) is 34.6 Å². The third-order valence-electron chi connectivity index (χ3n) is 10.8. The Morgan fingerprint density at radius 2 is 0.717 bits per heavy atom. The van der Waals surface area contributed by atoms with Gasteiger partial charge < -0.3 is 14.2 Å². The molecule has 0 aliphatic heterocycles. The van der Waals surface area contributed by atoms with Crippen LogP contribution in [0.25, 0.3) is 0 Å². The fraction of sp³-hybridized carbons (Fsp3) is 0.936. The lowest BCUT2D eigenvalue weighted by Crippen LogP contribution is -2.30. The first-order valence-electron chi connectivity index (χ1n) is 23.3. The molecule has 0 rings (SSSR count). The van der Waals surface area contributed by atoms with E-state index < -0.39 is 6.10 Å². The monoisotopic (exact) mass is 751 g/mol. The first-order valence-corrected chi connectivity index (χ1v) is 23.3. The van der Waals surface area contributed by atoms with E-state index in [1.807, 2.05) is 0 Å². The minimum Gasteiger partial charge on any atom is -0.462 e. The third-order valence-corrected chi connectivity index (χ3v) is 10.8. The van der Waals surface area contributed by atoms with Crippen LogP contribution in [0.1, 0.15) is 253 Å². The summed E-state index contributed by atoms with van der Waals surface area (Å²) in [6.45, 7) is 11.3. The molecule has 0 heterocycles. The lowest BCUT2D eigenvalue weighted by Gasteiger charge is -2.18. The zero-order chi connectivity index (χ0) is 39.0. The smallest absolute Gasteiger partial charge is 0.306 e. The van der Waals surface area contributed by atoms with Gasteiger partial charge in [0, 0.05) is 19.3 Å². The summed E-state index contributed by atoms with van der Waals surface area (Å²) in [6, 6.07) is 0. The summed E-state index contributed by atoms with van der Waals surface area (Å²) < 4.78 is 16.7. The highest BCUT2D eigenvalue weighted by molar-refractivity contribution is 5.71. The average molecular weight is 751 g/mol. The number of carbonyl (C=O) groups excluding carboxylic acids is 3. The molecule has 1 unspecified atom stereocenters. The summed E-state index contributed by atoms with van der Waals surface area (Å²) in [5.74, 6) is 0.824. The van der Waals surface area contributed by atoms with Gasteiger partial charge in [-0.25, -0.2) is 0 Å². The Balaban J connectivity index is 4.22. The predicted octanol–water partition coefficient (Wildman–Crippen LogP) is 14.6. The van der Waals surface area contributed by atoms with Gasteiger partial charge in [0.25, 0.3) is 0 Å². The van der Waals surface area contributed by atoms with Gasteiger partial charge in [-0.3, -0.25) is 14.4 Å². The highest BCUT2D eigenvalue weighted by Gasteiger charge is 2.19. The first kappa shape index (κ1) is 51.4. The molecule has 0 saturated carbocycles. The lowest BCUT2D eigenvalue weighted by molar-refractivity contribution is -0.167. The minimum atomic E-state index is -0.759. The third kappa shape index (κ3) is 39.9. The van der Waals surface area contributed by atoms with Gasteiger partial charge in [-0.2, -0.15) is 0 Å². The topological polar surface area (TPSA) is 78.9 Å². The van der Waals surface area contributed by atoms with Crippen LogP contribution in [0.3, 0.4) is 0 Å². The van der Waals surface area contributed by atoms with Crippen LogP contribution < -0.4 is 0 Å². The van der Waals surface area contributed by atoms with E-state index in [4.69, 9.17) is 14.2 Å². The molecule has 6 heteroatoms. The highest BCUT2D eigenvalue weighted by Crippen LogP contribution is 2.17. The summed E-state index contributed by atoms with van der Waals surface area (Å²) in [4.78, 5) is 37.6. The van der Waals surface area contributed by atoms with Gasteiger partial charge >= 0.3 is 17.9 Å². The Labute approximate surface area is 329 Å². The number of hydrogen-bond acceptors (Lipinski definition) is 6. The molecular formula is C47H90O6. The summed E-state index contributed by atoms with van der Waals surface area (Å²) >= 11 is 0. The van der Waals surface area contributed by atoms with Crippen LogP contribution in [0.15, 0.2) is 0 Å². The molecule has 0 radical (unpaired) electrons. The number of carbonyl (C=O) groups is 3. The highest BCUT2D eigenvalue weighted by atomic mass is 16.6. The van der Waals surface area contributed by atoms with E-state index in [-0.39, 0.29) is 31.1 Å². The molecule has 0 aliphatic rings. The number of hydrogen-bond donors (Lipinski definition) is 0. The quantitative estimate of drug-likeness (QED) is 0.0352. The Bertz CT molecular complexity index is 811. The SMILES string of the molecule is CCCCCCCCCC(=O)O[C@H](COC(=O)CCCCCCCCCCCCCCCC(C)C)COC(=O)CCCCCCCCCCC(C)CC. The maximum Gasteiger partial charge on any atom is 0.306 e. The molecule has 0 fully saturated rings. The van der Waals surface area contributed by atoms with Crippen molar-refractivity contribution in [3.05, 3.63) is 0 Å². The van der Waals surface area contributed by atoms with Gasteiger partial charge in [0.1, 0.15) is 13.2 Å². The molecule has 0 bridgehead atoms. The van der Waals surface area contributed by atoms with Crippen LogP contribution in [-0.2, 0) is 28.6 Å². The molecular weight excluding hydrogens is 661 g/mol. The largest absolute Gasteiger partial charge is 0.462 e. The zero-order valence-corrected chi connectivity index (χ0v) is 36.1. The number of ether oxygens (including phenoxy) is 3. The van der Waals surface area contributed by atoms with Crippen molar-refractivity contribution in [2.45, 2.75) is 259 Å². The van der Waals surface area contributed by atoms with Crippen molar-refractivity contribution in [2.24, 2.45) is 11.8 Å². The van der Waals surface area contributed by atoms with Gasteiger partial charge in [-0.1, -0.05) is 214 Å². The normalized spacial score (nSPS) is 12.6.